The average molecular weight is 413 g/mol. The molecule has 1 heterocycles. The normalized spacial score (nSPS) is 12.8. The minimum Gasteiger partial charge on any atom is -0.488 e. The van der Waals surface area contributed by atoms with Gasteiger partial charge in [0, 0.05) is 26.6 Å². The van der Waals surface area contributed by atoms with Gasteiger partial charge in [0.05, 0.1) is 5.56 Å². The second-order valence-corrected chi connectivity index (χ2v) is 7.37. The molecule has 0 amide bonds. The van der Waals surface area contributed by atoms with Crippen LogP contribution in [0.2, 0.25) is 0 Å². The largest absolute Gasteiger partial charge is 0.488 e. The minimum atomic E-state index is -4.50. The first kappa shape index (κ1) is 22.5. The molecule has 0 saturated heterocycles. The maximum Gasteiger partial charge on any atom is 0.416 e. The molecule has 0 spiro atoms. The molecule has 0 aliphatic heterocycles. The molecule has 1 aromatic heterocycles. The molecule has 10 heteroatoms. The Bertz CT molecular complexity index is 841. The van der Waals surface area contributed by atoms with Gasteiger partial charge in [-0.05, 0) is 45.4 Å². The summed E-state index contributed by atoms with van der Waals surface area (Å²) in [6, 6.07) is 3.97. The highest BCUT2D eigenvalue weighted by molar-refractivity contribution is 5.79. The van der Waals surface area contributed by atoms with Gasteiger partial charge in [0.1, 0.15) is 11.4 Å². The molecule has 7 nitrogen and oxygen atoms in total. The van der Waals surface area contributed by atoms with Crippen molar-refractivity contribution < 1.29 is 22.4 Å². The molecule has 0 aliphatic carbocycles. The van der Waals surface area contributed by atoms with Crippen LogP contribution < -0.4 is 15.4 Å². The van der Waals surface area contributed by atoms with Crippen molar-refractivity contribution in [1.29, 1.82) is 0 Å². The minimum absolute atomic E-state index is 0.0516. The van der Waals surface area contributed by atoms with Gasteiger partial charge < -0.3 is 19.9 Å². The van der Waals surface area contributed by atoms with Gasteiger partial charge in [0.25, 0.3) is 0 Å². The number of aromatic nitrogens is 2. The summed E-state index contributed by atoms with van der Waals surface area (Å²) < 4.78 is 51.1. The van der Waals surface area contributed by atoms with Gasteiger partial charge >= 0.3 is 6.18 Å². The van der Waals surface area contributed by atoms with Crippen molar-refractivity contribution in [3.05, 3.63) is 41.0 Å². The van der Waals surface area contributed by atoms with E-state index < -0.39 is 17.3 Å². The molecular weight excluding hydrogens is 387 g/mol. The summed E-state index contributed by atoms with van der Waals surface area (Å²) in [5, 5.41) is 9.59. The third-order valence-corrected chi connectivity index (χ3v) is 3.68. The summed E-state index contributed by atoms with van der Waals surface area (Å²) in [5.41, 5.74) is -1.25. The molecule has 2 aromatic rings. The van der Waals surface area contributed by atoms with Crippen LogP contribution in [0.15, 0.2) is 27.7 Å². The van der Waals surface area contributed by atoms with Gasteiger partial charge in [-0.15, -0.1) is 0 Å². The molecule has 0 aliphatic rings. The number of hydrogen-bond acceptors (Lipinski definition) is 5. The number of rotatable bonds is 6. The summed E-state index contributed by atoms with van der Waals surface area (Å²) in [4.78, 5) is 8.10. The van der Waals surface area contributed by atoms with Crippen molar-refractivity contribution in [2.24, 2.45) is 4.99 Å². The topological polar surface area (TPSA) is 84.6 Å². The van der Waals surface area contributed by atoms with Gasteiger partial charge in [-0.1, -0.05) is 11.2 Å². The van der Waals surface area contributed by atoms with Crippen LogP contribution in [-0.2, 0) is 19.1 Å². The first-order chi connectivity index (χ1) is 13.5. The summed E-state index contributed by atoms with van der Waals surface area (Å²) in [5.74, 6) is 1.55. The lowest BCUT2D eigenvalue weighted by atomic mass is 10.1. The van der Waals surface area contributed by atoms with Crippen molar-refractivity contribution in [3.8, 4) is 5.75 Å². The zero-order valence-electron chi connectivity index (χ0n) is 17.1. The molecule has 2 N–H and O–H groups in total. The number of hydrogen-bond donors (Lipinski definition) is 2. The lowest BCUT2D eigenvalue weighted by Crippen LogP contribution is -2.38. The third kappa shape index (κ3) is 7.28. The number of nitrogens with one attached hydrogen (secondary N) is 2. The Hall–Kier alpha value is -2.78. The van der Waals surface area contributed by atoms with E-state index in [-0.39, 0.29) is 17.9 Å². The fourth-order valence-electron chi connectivity index (χ4n) is 2.52. The summed E-state index contributed by atoms with van der Waals surface area (Å²) >= 11 is 0. The Labute approximate surface area is 167 Å². The zero-order chi connectivity index (χ0) is 21.7. The highest BCUT2D eigenvalue weighted by Crippen LogP contribution is 2.35. The number of nitrogens with zero attached hydrogens (tertiary/aromatic N) is 3. The van der Waals surface area contributed by atoms with E-state index in [9.17, 15) is 13.2 Å². The molecule has 160 valence electrons. The predicted octanol–water partition coefficient (Wildman–Crippen LogP) is 3.48. The molecular formula is C19H26F3N5O2. The number of alkyl halides is 3. The molecule has 0 fully saturated rings. The van der Waals surface area contributed by atoms with E-state index in [1.807, 2.05) is 0 Å². The third-order valence-electron chi connectivity index (χ3n) is 3.68. The SMILES string of the molecule is CN=C(NCCc1nc(C)no1)NCc1ccc(OC(C)(C)C)cc1C(F)(F)F. The van der Waals surface area contributed by atoms with Gasteiger partial charge in [0.15, 0.2) is 11.8 Å². The van der Waals surface area contributed by atoms with Gasteiger partial charge in [0.2, 0.25) is 5.89 Å². The number of halogens is 3. The van der Waals surface area contributed by atoms with Gasteiger partial charge in [-0.3, -0.25) is 4.99 Å². The van der Waals surface area contributed by atoms with E-state index in [2.05, 4.69) is 25.8 Å². The van der Waals surface area contributed by atoms with E-state index in [0.717, 1.165) is 6.07 Å². The lowest BCUT2D eigenvalue weighted by Gasteiger charge is -2.23. The highest BCUT2D eigenvalue weighted by Gasteiger charge is 2.34. The summed E-state index contributed by atoms with van der Waals surface area (Å²) in [7, 11) is 1.54. The fraction of sp³-hybridized carbons (Fsp3) is 0.526. The number of aryl methyl sites for hydroxylation is 1. The Balaban J connectivity index is 2.01. The Morgan fingerprint density at radius 2 is 1.93 bits per heavy atom. The second kappa shape index (κ2) is 9.15. The summed E-state index contributed by atoms with van der Waals surface area (Å²) in [6.07, 6.45) is -4.03. The average Bonchev–Trinajstić information content (AvgIpc) is 3.01. The van der Waals surface area contributed by atoms with E-state index >= 15 is 0 Å². The van der Waals surface area contributed by atoms with Crippen LogP contribution in [0.1, 0.15) is 43.6 Å². The molecule has 0 unspecified atom stereocenters. The number of aliphatic imine (C=N–C) groups is 1. The highest BCUT2D eigenvalue weighted by atomic mass is 19.4. The van der Waals surface area contributed by atoms with Crippen molar-refractivity contribution in [2.75, 3.05) is 13.6 Å². The van der Waals surface area contributed by atoms with Gasteiger partial charge in [-0.2, -0.15) is 18.2 Å². The zero-order valence-corrected chi connectivity index (χ0v) is 17.1. The quantitative estimate of drug-likeness (QED) is 0.557. The van der Waals surface area contributed by atoms with E-state index in [0.29, 0.717) is 30.6 Å². The van der Waals surface area contributed by atoms with E-state index in [4.69, 9.17) is 9.26 Å². The number of guanidine groups is 1. The molecule has 0 atom stereocenters. The van der Waals surface area contributed by atoms with Crippen LogP contribution in [0.5, 0.6) is 5.75 Å². The molecule has 0 bridgehead atoms. The predicted molar refractivity (Wildman–Crippen MR) is 103 cm³/mol. The maximum atomic E-state index is 13.5. The van der Waals surface area contributed by atoms with Crippen LogP contribution in [0.3, 0.4) is 0 Å². The summed E-state index contributed by atoms with van der Waals surface area (Å²) in [6.45, 7) is 7.44. The molecule has 0 radical (unpaired) electrons. The number of ether oxygens (including phenoxy) is 1. The van der Waals surface area contributed by atoms with Crippen LogP contribution in [-0.4, -0.2) is 35.3 Å². The lowest BCUT2D eigenvalue weighted by molar-refractivity contribution is -0.138. The molecule has 29 heavy (non-hydrogen) atoms. The maximum absolute atomic E-state index is 13.5. The standard InChI is InChI=1S/C19H26F3N5O2/c1-12-26-16(29-27-12)8-9-24-17(23-5)25-11-13-6-7-14(28-18(2,3)4)10-15(13)19(20,21)22/h6-7,10H,8-9,11H2,1-5H3,(H2,23,24,25). The van der Waals surface area contributed by atoms with Crippen LogP contribution in [0, 0.1) is 6.92 Å². The smallest absolute Gasteiger partial charge is 0.416 e. The van der Waals surface area contributed by atoms with Crippen molar-refractivity contribution in [3.63, 3.8) is 0 Å². The van der Waals surface area contributed by atoms with Gasteiger partial charge in [-0.25, -0.2) is 0 Å². The molecule has 0 saturated carbocycles. The van der Waals surface area contributed by atoms with Crippen molar-refractivity contribution in [2.45, 2.75) is 52.4 Å². The Kier molecular flexibility index (Phi) is 7.10. The monoisotopic (exact) mass is 413 g/mol. The fourth-order valence-corrected chi connectivity index (χ4v) is 2.52. The van der Waals surface area contributed by atoms with Crippen molar-refractivity contribution >= 4 is 5.96 Å². The first-order valence-electron chi connectivity index (χ1n) is 9.11. The number of benzene rings is 1. The first-order valence-corrected chi connectivity index (χ1v) is 9.11. The van der Waals surface area contributed by atoms with Crippen molar-refractivity contribution in [1.82, 2.24) is 20.8 Å². The van der Waals surface area contributed by atoms with Crippen LogP contribution in [0.25, 0.3) is 0 Å². The second-order valence-electron chi connectivity index (χ2n) is 7.37. The van der Waals surface area contributed by atoms with Crippen LogP contribution in [0.4, 0.5) is 13.2 Å². The van der Waals surface area contributed by atoms with Crippen LogP contribution >= 0.6 is 0 Å². The van der Waals surface area contributed by atoms with E-state index in [1.165, 1.54) is 19.2 Å². The molecule has 1 aromatic carbocycles. The van der Waals surface area contributed by atoms with E-state index in [1.54, 1.807) is 27.7 Å². The Morgan fingerprint density at radius 3 is 2.48 bits per heavy atom. The Morgan fingerprint density at radius 1 is 1.21 bits per heavy atom. The molecule has 2 rings (SSSR count).